The number of halogens is 2. The predicted molar refractivity (Wildman–Crippen MR) is 66.0 cm³/mol. The maximum Gasteiger partial charge on any atom is 0.332 e. The Morgan fingerprint density at radius 2 is 2.19 bits per heavy atom. The average Bonchev–Trinajstić information content (AvgIpc) is 2.21. The van der Waals surface area contributed by atoms with Gasteiger partial charge in [0.15, 0.2) is 0 Å². The van der Waals surface area contributed by atoms with Crippen LogP contribution in [0.2, 0.25) is 10.0 Å². The lowest BCUT2D eigenvalue weighted by Crippen LogP contribution is -2.26. The molecular formula is C10H11Cl2N3O. The molecule has 0 spiro atoms. The Labute approximate surface area is 103 Å². The third-order valence-corrected chi connectivity index (χ3v) is 2.43. The van der Waals surface area contributed by atoms with Gasteiger partial charge < -0.3 is 5.73 Å². The fourth-order valence-electron chi connectivity index (χ4n) is 1.18. The van der Waals surface area contributed by atoms with Gasteiger partial charge in [-0.1, -0.05) is 36.2 Å². The number of benzene rings is 1. The standard InChI is InChI=1S/C10H11Cl2N3O/c1-2-9(14-15-10(13)16)7-4-3-6(11)5-8(7)12/h3-5H,2H2,1H3,(H3,13,15,16)/b14-9-. The highest BCUT2D eigenvalue weighted by Crippen LogP contribution is 2.22. The van der Waals surface area contributed by atoms with Gasteiger partial charge >= 0.3 is 6.03 Å². The smallest absolute Gasteiger partial charge is 0.332 e. The van der Waals surface area contributed by atoms with Gasteiger partial charge in [0.05, 0.1) is 10.7 Å². The summed E-state index contributed by atoms with van der Waals surface area (Å²) in [5, 5.41) is 4.90. The van der Waals surface area contributed by atoms with Gasteiger partial charge in [-0.15, -0.1) is 0 Å². The zero-order valence-electron chi connectivity index (χ0n) is 8.63. The van der Waals surface area contributed by atoms with E-state index in [9.17, 15) is 4.79 Å². The summed E-state index contributed by atoms with van der Waals surface area (Å²) in [6, 6.07) is 4.36. The molecule has 0 atom stereocenters. The largest absolute Gasteiger partial charge is 0.350 e. The van der Waals surface area contributed by atoms with Crippen LogP contribution in [0.3, 0.4) is 0 Å². The van der Waals surface area contributed by atoms with Crippen LogP contribution >= 0.6 is 23.2 Å². The number of carbonyl (C=O) groups is 1. The van der Waals surface area contributed by atoms with Crippen molar-refractivity contribution < 1.29 is 4.79 Å². The molecule has 0 saturated carbocycles. The summed E-state index contributed by atoms with van der Waals surface area (Å²) in [6.45, 7) is 1.90. The third-order valence-electron chi connectivity index (χ3n) is 1.88. The van der Waals surface area contributed by atoms with E-state index in [0.717, 1.165) is 5.56 Å². The van der Waals surface area contributed by atoms with Gasteiger partial charge in [-0.25, -0.2) is 10.2 Å². The molecule has 0 fully saturated rings. The number of amides is 2. The quantitative estimate of drug-likeness (QED) is 0.636. The van der Waals surface area contributed by atoms with Gasteiger partial charge in [0.25, 0.3) is 0 Å². The van der Waals surface area contributed by atoms with E-state index in [1.165, 1.54) is 0 Å². The molecule has 0 aliphatic heterocycles. The summed E-state index contributed by atoms with van der Waals surface area (Å²) in [5.74, 6) is 0. The van der Waals surface area contributed by atoms with Crippen molar-refractivity contribution in [3.8, 4) is 0 Å². The molecule has 0 bridgehead atoms. The highest BCUT2D eigenvalue weighted by molar-refractivity contribution is 6.37. The van der Waals surface area contributed by atoms with E-state index in [1.807, 2.05) is 6.92 Å². The first-order valence-electron chi connectivity index (χ1n) is 4.62. The van der Waals surface area contributed by atoms with Crippen LogP contribution in [0.15, 0.2) is 23.3 Å². The van der Waals surface area contributed by atoms with Crippen LogP contribution in [0, 0.1) is 0 Å². The molecule has 0 aliphatic carbocycles. The molecule has 16 heavy (non-hydrogen) atoms. The van der Waals surface area contributed by atoms with Crippen molar-refractivity contribution in [1.29, 1.82) is 0 Å². The second-order valence-corrected chi connectivity index (χ2v) is 3.86. The number of hydrazone groups is 1. The summed E-state index contributed by atoms with van der Waals surface area (Å²) < 4.78 is 0. The molecule has 1 aromatic carbocycles. The van der Waals surface area contributed by atoms with Crippen molar-refractivity contribution in [3.63, 3.8) is 0 Å². The van der Waals surface area contributed by atoms with E-state index in [4.69, 9.17) is 28.9 Å². The first-order valence-corrected chi connectivity index (χ1v) is 5.37. The molecule has 0 aliphatic rings. The van der Waals surface area contributed by atoms with E-state index >= 15 is 0 Å². The van der Waals surface area contributed by atoms with Crippen LogP contribution in [0.25, 0.3) is 0 Å². The Bertz CT molecular complexity index is 432. The minimum absolute atomic E-state index is 0.486. The zero-order chi connectivity index (χ0) is 12.1. The summed E-state index contributed by atoms with van der Waals surface area (Å²) >= 11 is 11.8. The van der Waals surface area contributed by atoms with Crippen molar-refractivity contribution in [2.75, 3.05) is 0 Å². The Balaban J connectivity index is 3.04. The minimum atomic E-state index is -0.712. The number of primary amides is 1. The van der Waals surface area contributed by atoms with Crippen LogP contribution < -0.4 is 11.2 Å². The number of nitrogens with two attached hydrogens (primary N) is 1. The number of rotatable bonds is 3. The van der Waals surface area contributed by atoms with E-state index in [1.54, 1.807) is 18.2 Å². The van der Waals surface area contributed by atoms with Gasteiger partial charge in [-0.2, -0.15) is 5.10 Å². The van der Waals surface area contributed by atoms with Crippen LogP contribution in [0.4, 0.5) is 4.79 Å². The Kier molecular flexibility index (Phi) is 4.58. The maximum atomic E-state index is 10.5. The highest BCUT2D eigenvalue weighted by Gasteiger charge is 2.07. The maximum absolute atomic E-state index is 10.5. The fourth-order valence-corrected chi connectivity index (χ4v) is 1.69. The Hall–Kier alpha value is -1.26. The lowest BCUT2D eigenvalue weighted by molar-refractivity contribution is 0.249. The number of carbonyl (C=O) groups excluding carboxylic acids is 1. The van der Waals surface area contributed by atoms with Crippen LogP contribution in [-0.2, 0) is 0 Å². The molecule has 3 N–H and O–H groups in total. The number of nitrogens with one attached hydrogen (secondary N) is 1. The van der Waals surface area contributed by atoms with Crippen molar-refractivity contribution in [1.82, 2.24) is 5.43 Å². The summed E-state index contributed by atoms with van der Waals surface area (Å²) in [6.07, 6.45) is 0.613. The monoisotopic (exact) mass is 259 g/mol. The van der Waals surface area contributed by atoms with Crippen LogP contribution in [0.1, 0.15) is 18.9 Å². The Morgan fingerprint density at radius 1 is 1.50 bits per heavy atom. The molecule has 6 heteroatoms. The van der Waals surface area contributed by atoms with Crippen LogP contribution in [0.5, 0.6) is 0 Å². The van der Waals surface area contributed by atoms with Gasteiger partial charge in [0.1, 0.15) is 0 Å². The number of hydrogen-bond donors (Lipinski definition) is 2. The molecule has 86 valence electrons. The van der Waals surface area contributed by atoms with E-state index in [2.05, 4.69) is 10.5 Å². The molecule has 2 amide bonds. The van der Waals surface area contributed by atoms with Gasteiger partial charge in [0.2, 0.25) is 0 Å². The van der Waals surface area contributed by atoms with Gasteiger partial charge in [0, 0.05) is 10.6 Å². The van der Waals surface area contributed by atoms with E-state index in [-0.39, 0.29) is 0 Å². The first kappa shape index (κ1) is 12.8. The first-order chi connectivity index (χ1) is 7.54. The molecule has 1 rings (SSSR count). The molecule has 4 nitrogen and oxygen atoms in total. The van der Waals surface area contributed by atoms with E-state index < -0.39 is 6.03 Å². The van der Waals surface area contributed by atoms with Crippen molar-refractivity contribution in [2.24, 2.45) is 10.8 Å². The topological polar surface area (TPSA) is 67.5 Å². The molecule has 0 saturated heterocycles. The van der Waals surface area contributed by atoms with Gasteiger partial charge in [-0.3, -0.25) is 0 Å². The number of urea groups is 1. The molecule has 0 radical (unpaired) electrons. The summed E-state index contributed by atoms with van der Waals surface area (Å²) in [5.41, 5.74) is 8.46. The molecule has 0 aromatic heterocycles. The van der Waals surface area contributed by atoms with Crippen LogP contribution in [-0.4, -0.2) is 11.7 Å². The van der Waals surface area contributed by atoms with Crippen molar-refractivity contribution in [3.05, 3.63) is 33.8 Å². The molecule has 0 heterocycles. The SMILES string of the molecule is CC/C(=N/NC(N)=O)c1ccc(Cl)cc1Cl. The fraction of sp³-hybridized carbons (Fsp3) is 0.200. The third kappa shape index (κ3) is 3.40. The van der Waals surface area contributed by atoms with Gasteiger partial charge in [-0.05, 0) is 18.6 Å². The minimum Gasteiger partial charge on any atom is -0.350 e. The lowest BCUT2D eigenvalue weighted by atomic mass is 10.1. The summed E-state index contributed by atoms with van der Waals surface area (Å²) in [7, 11) is 0. The number of hydrogen-bond acceptors (Lipinski definition) is 2. The second kappa shape index (κ2) is 5.72. The highest BCUT2D eigenvalue weighted by atomic mass is 35.5. The normalized spacial score (nSPS) is 11.3. The molecule has 0 unspecified atom stereocenters. The van der Waals surface area contributed by atoms with E-state index in [0.29, 0.717) is 22.2 Å². The average molecular weight is 260 g/mol. The Morgan fingerprint density at radius 3 is 2.69 bits per heavy atom. The van der Waals surface area contributed by atoms with Crippen molar-refractivity contribution in [2.45, 2.75) is 13.3 Å². The second-order valence-electron chi connectivity index (χ2n) is 3.01. The molecular weight excluding hydrogens is 249 g/mol. The van der Waals surface area contributed by atoms with Crippen molar-refractivity contribution >= 4 is 34.9 Å². The molecule has 1 aromatic rings. The summed E-state index contributed by atoms with van der Waals surface area (Å²) in [4.78, 5) is 10.5. The lowest BCUT2D eigenvalue weighted by Gasteiger charge is -2.06. The zero-order valence-corrected chi connectivity index (χ0v) is 10.1. The predicted octanol–water partition coefficient (Wildman–Crippen LogP) is 2.78. The number of nitrogens with zero attached hydrogens (tertiary/aromatic N) is 1.